The van der Waals surface area contributed by atoms with Crippen molar-refractivity contribution in [2.24, 2.45) is 0 Å². The average molecular weight is 395 g/mol. The molecule has 6 heteroatoms. The maximum Gasteiger partial charge on any atom is 0.140 e. The fraction of sp³-hybridized carbons (Fsp3) is 0.455. The Hall–Kier alpha value is -2.02. The summed E-state index contributed by atoms with van der Waals surface area (Å²) in [4.78, 5) is 16.2. The number of aliphatic hydroxyl groups is 1. The Labute approximate surface area is 169 Å². The van der Waals surface area contributed by atoms with Gasteiger partial charge in [0.2, 0.25) is 0 Å². The molecule has 1 aliphatic heterocycles. The van der Waals surface area contributed by atoms with Crippen molar-refractivity contribution >= 4 is 27.4 Å². The molecule has 1 N–H and O–H groups in total. The van der Waals surface area contributed by atoms with Gasteiger partial charge in [-0.25, -0.2) is 9.97 Å². The summed E-state index contributed by atoms with van der Waals surface area (Å²) in [7, 11) is 2.05. The van der Waals surface area contributed by atoms with E-state index in [-0.39, 0.29) is 0 Å². The Kier molecular flexibility index (Phi) is 4.57. The van der Waals surface area contributed by atoms with Crippen molar-refractivity contribution in [2.45, 2.75) is 37.8 Å². The topological polar surface area (TPSA) is 52.5 Å². The number of hydrogen-bond donors (Lipinski definition) is 1. The number of likely N-dealkylation sites (N-methyl/N-ethyl adjacent to an activating group) is 1. The number of fused-ring (bicyclic) bond motifs is 3. The third-order valence-electron chi connectivity index (χ3n) is 6.03. The van der Waals surface area contributed by atoms with Crippen molar-refractivity contribution in [3.05, 3.63) is 52.7 Å². The summed E-state index contributed by atoms with van der Waals surface area (Å²) in [5.41, 5.74) is 2.03. The fourth-order valence-corrected chi connectivity index (χ4v) is 5.99. The van der Waals surface area contributed by atoms with Crippen LogP contribution in [0.25, 0.3) is 10.2 Å². The maximum absolute atomic E-state index is 11.3. The smallest absolute Gasteiger partial charge is 0.140 e. The molecule has 0 bridgehead atoms. The van der Waals surface area contributed by atoms with E-state index in [1.807, 2.05) is 17.4 Å². The minimum absolute atomic E-state index is 0.592. The van der Waals surface area contributed by atoms with Crippen LogP contribution in [0.2, 0.25) is 0 Å². The van der Waals surface area contributed by atoms with Crippen LogP contribution in [0.3, 0.4) is 0 Å². The number of anilines is 1. The molecule has 2 aliphatic rings. The van der Waals surface area contributed by atoms with E-state index in [0.717, 1.165) is 43.0 Å². The van der Waals surface area contributed by atoms with Gasteiger partial charge in [-0.2, -0.15) is 0 Å². The van der Waals surface area contributed by atoms with Crippen LogP contribution in [-0.2, 0) is 19.4 Å². The van der Waals surface area contributed by atoms with Crippen LogP contribution in [0.4, 0.5) is 5.82 Å². The van der Waals surface area contributed by atoms with Gasteiger partial charge in [-0.3, -0.25) is 4.90 Å². The molecule has 3 aromatic rings. The lowest BCUT2D eigenvalue weighted by atomic mass is 10.0. The summed E-state index contributed by atoms with van der Waals surface area (Å²) in [5.74, 6) is 0.972. The molecule has 0 saturated carbocycles. The molecule has 5 nitrogen and oxygen atoms in total. The lowest BCUT2D eigenvalue weighted by Crippen LogP contribution is -2.44. The molecule has 3 heterocycles. The molecule has 1 aromatic carbocycles. The van der Waals surface area contributed by atoms with Gasteiger partial charge in [0.05, 0.1) is 11.0 Å². The Morgan fingerprint density at radius 1 is 1.21 bits per heavy atom. The van der Waals surface area contributed by atoms with Gasteiger partial charge in [0.25, 0.3) is 0 Å². The van der Waals surface area contributed by atoms with Crippen molar-refractivity contribution in [1.29, 1.82) is 0 Å². The second kappa shape index (κ2) is 7.10. The number of nitrogens with zero attached hydrogens (tertiary/aromatic N) is 4. The van der Waals surface area contributed by atoms with Gasteiger partial charge in [-0.15, -0.1) is 11.3 Å². The number of likely N-dealkylation sites (tertiary alicyclic amines) is 1. The minimum atomic E-state index is -0.708. The summed E-state index contributed by atoms with van der Waals surface area (Å²) in [6.07, 6.45) is 5.98. The second-order valence-corrected chi connectivity index (χ2v) is 9.35. The Bertz CT molecular complexity index is 989. The van der Waals surface area contributed by atoms with Crippen LogP contribution in [0.5, 0.6) is 0 Å². The molecule has 28 heavy (non-hydrogen) atoms. The first-order valence-corrected chi connectivity index (χ1v) is 10.9. The van der Waals surface area contributed by atoms with Crippen molar-refractivity contribution in [3.8, 4) is 0 Å². The highest BCUT2D eigenvalue weighted by Crippen LogP contribution is 2.40. The van der Waals surface area contributed by atoms with Gasteiger partial charge in [0.15, 0.2) is 0 Å². The summed E-state index contributed by atoms with van der Waals surface area (Å²) >= 11 is 1.81. The quantitative estimate of drug-likeness (QED) is 0.720. The fourth-order valence-electron chi connectivity index (χ4n) is 4.76. The highest BCUT2D eigenvalue weighted by atomic mass is 32.1. The summed E-state index contributed by atoms with van der Waals surface area (Å²) in [6.45, 7) is 3.10. The molecule has 0 amide bonds. The standard InChI is InChI=1S/C22H26N4OS/c1-25(20-19-17-8-5-9-18(17)28-21(19)24-15-23-20)13-22(27)10-11-26(14-22)12-16-6-3-2-4-7-16/h2-4,6-7,15,27H,5,8-14H2,1H3. The molecular formula is C22H26N4OS. The van der Waals surface area contributed by atoms with Gasteiger partial charge < -0.3 is 10.0 Å². The van der Waals surface area contributed by atoms with Gasteiger partial charge in [0.1, 0.15) is 17.0 Å². The van der Waals surface area contributed by atoms with E-state index in [1.54, 1.807) is 6.33 Å². The third-order valence-corrected chi connectivity index (χ3v) is 7.23. The lowest BCUT2D eigenvalue weighted by molar-refractivity contribution is 0.0561. The van der Waals surface area contributed by atoms with Crippen LogP contribution in [-0.4, -0.2) is 52.3 Å². The molecule has 1 atom stereocenters. The van der Waals surface area contributed by atoms with Crippen LogP contribution < -0.4 is 4.90 Å². The largest absolute Gasteiger partial charge is 0.387 e. The first kappa shape index (κ1) is 18.0. The maximum atomic E-state index is 11.3. The van der Waals surface area contributed by atoms with E-state index in [4.69, 9.17) is 0 Å². The predicted octanol–water partition coefficient (Wildman–Crippen LogP) is 3.25. The number of hydrogen-bond acceptors (Lipinski definition) is 6. The van der Waals surface area contributed by atoms with Gasteiger partial charge in [-0.1, -0.05) is 30.3 Å². The number of rotatable bonds is 5. The molecule has 5 rings (SSSR count). The highest BCUT2D eigenvalue weighted by Gasteiger charge is 2.37. The number of thiophene rings is 1. The van der Waals surface area contributed by atoms with Crippen molar-refractivity contribution in [3.63, 3.8) is 0 Å². The molecular weight excluding hydrogens is 368 g/mol. The number of benzene rings is 1. The molecule has 1 fully saturated rings. The van der Waals surface area contributed by atoms with Gasteiger partial charge in [0, 0.05) is 38.1 Å². The summed E-state index contributed by atoms with van der Waals surface area (Å²) < 4.78 is 0. The minimum Gasteiger partial charge on any atom is -0.387 e. The van der Waals surface area contributed by atoms with E-state index in [0.29, 0.717) is 13.1 Å². The van der Waals surface area contributed by atoms with Crippen LogP contribution in [0.1, 0.15) is 28.8 Å². The highest BCUT2D eigenvalue weighted by molar-refractivity contribution is 7.19. The monoisotopic (exact) mass is 394 g/mol. The van der Waals surface area contributed by atoms with Gasteiger partial charge >= 0.3 is 0 Å². The third kappa shape index (κ3) is 3.30. The van der Waals surface area contributed by atoms with E-state index < -0.39 is 5.60 Å². The Morgan fingerprint density at radius 3 is 2.93 bits per heavy atom. The van der Waals surface area contributed by atoms with Crippen molar-refractivity contribution < 1.29 is 5.11 Å². The van der Waals surface area contributed by atoms with Crippen LogP contribution >= 0.6 is 11.3 Å². The zero-order valence-corrected chi connectivity index (χ0v) is 17.1. The van der Waals surface area contributed by atoms with Crippen LogP contribution in [0.15, 0.2) is 36.7 Å². The van der Waals surface area contributed by atoms with E-state index in [2.05, 4.69) is 51.1 Å². The molecule has 146 valence electrons. The molecule has 1 unspecified atom stereocenters. The van der Waals surface area contributed by atoms with Crippen molar-refractivity contribution in [2.75, 3.05) is 31.6 Å². The number of aryl methyl sites for hydroxylation is 2. The lowest BCUT2D eigenvalue weighted by Gasteiger charge is -2.30. The Balaban J connectivity index is 1.33. The van der Waals surface area contributed by atoms with Gasteiger partial charge in [-0.05, 0) is 36.8 Å². The SMILES string of the molecule is CN(CC1(O)CCN(Cc2ccccc2)C1)c1ncnc2sc3c(c12)CCC3. The van der Waals surface area contributed by atoms with Crippen molar-refractivity contribution in [1.82, 2.24) is 14.9 Å². The normalized spacial score (nSPS) is 22.1. The zero-order valence-electron chi connectivity index (χ0n) is 16.3. The molecule has 2 aromatic heterocycles. The molecule has 0 radical (unpaired) electrons. The van der Waals surface area contributed by atoms with E-state index in [9.17, 15) is 5.11 Å². The number of β-amino-alcohol motifs (C(OH)–C–C–N with tert-alkyl or cyclic N) is 1. The summed E-state index contributed by atoms with van der Waals surface area (Å²) in [6, 6.07) is 10.5. The second-order valence-electron chi connectivity index (χ2n) is 8.26. The van der Waals surface area contributed by atoms with E-state index in [1.165, 1.54) is 27.8 Å². The average Bonchev–Trinajstić information content (AvgIpc) is 3.37. The molecule has 1 aliphatic carbocycles. The zero-order chi connectivity index (χ0) is 19.1. The van der Waals surface area contributed by atoms with Crippen LogP contribution in [0, 0.1) is 0 Å². The summed E-state index contributed by atoms with van der Waals surface area (Å²) in [5, 5.41) is 12.5. The Morgan fingerprint density at radius 2 is 2.07 bits per heavy atom. The molecule has 0 spiro atoms. The first-order valence-electron chi connectivity index (χ1n) is 10.1. The van der Waals surface area contributed by atoms with E-state index >= 15 is 0 Å². The molecule has 1 saturated heterocycles. The number of aromatic nitrogens is 2. The predicted molar refractivity (Wildman–Crippen MR) is 114 cm³/mol. The first-order chi connectivity index (χ1) is 13.6.